The van der Waals surface area contributed by atoms with Gasteiger partial charge in [-0.05, 0) is 35.9 Å². The van der Waals surface area contributed by atoms with Gasteiger partial charge in [0.25, 0.3) is 0 Å². The molecular formula is C12H8Cl3NO. The van der Waals surface area contributed by atoms with Crippen LogP contribution in [0.5, 0.6) is 0 Å². The second-order valence-corrected chi connectivity index (χ2v) is 4.69. The van der Waals surface area contributed by atoms with Crippen LogP contribution in [-0.2, 0) is 6.61 Å². The first-order valence-corrected chi connectivity index (χ1v) is 5.96. The summed E-state index contributed by atoms with van der Waals surface area (Å²) in [5.41, 5.74) is 2.05. The molecule has 0 radical (unpaired) electrons. The fourth-order valence-corrected chi connectivity index (χ4v) is 2.29. The van der Waals surface area contributed by atoms with Crippen LogP contribution in [0.2, 0.25) is 15.2 Å². The molecule has 88 valence electrons. The van der Waals surface area contributed by atoms with E-state index in [4.69, 9.17) is 39.9 Å². The van der Waals surface area contributed by atoms with Crippen LogP contribution in [0.25, 0.3) is 11.1 Å². The van der Waals surface area contributed by atoms with Crippen LogP contribution >= 0.6 is 34.8 Å². The van der Waals surface area contributed by atoms with E-state index in [1.54, 1.807) is 30.3 Å². The van der Waals surface area contributed by atoms with Crippen LogP contribution < -0.4 is 0 Å². The predicted molar refractivity (Wildman–Crippen MR) is 70.6 cm³/mol. The van der Waals surface area contributed by atoms with E-state index >= 15 is 0 Å². The molecule has 0 fully saturated rings. The van der Waals surface area contributed by atoms with Crippen LogP contribution in [0.4, 0.5) is 0 Å². The average Bonchev–Trinajstić information content (AvgIpc) is 2.27. The number of benzene rings is 1. The van der Waals surface area contributed by atoms with Gasteiger partial charge in [-0.3, -0.25) is 0 Å². The van der Waals surface area contributed by atoms with Gasteiger partial charge in [-0.25, -0.2) is 4.98 Å². The lowest BCUT2D eigenvalue weighted by molar-refractivity contribution is 0.277. The zero-order valence-electron chi connectivity index (χ0n) is 8.62. The number of hydrogen-bond donors (Lipinski definition) is 1. The minimum absolute atomic E-state index is 0.143. The fourth-order valence-electron chi connectivity index (χ4n) is 1.48. The first kappa shape index (κ1) is 12.7. The Balaban J connectivity index is 2.52. The fraction of sp³-hybridized carbons (Fsp3) is 0.0833. The summed E-state index contributed by atoms with van der Waals surface area (Å²) in [7, 11) is 0. The van der Waals surface area contributed by atoms with Crippen molar-refractivity contribution in [3.63, 3.8) is 0 Å². The molecule has 0 saturated carbocycles. The Bertz CT molecular complexity index is 537. The summed E-state index contributed by atoms with van der Waals surface area (Å²) < 4.78 is 0. The molecule has 0 aliphatic carbocycles. The Labute approximate surface area is 114 Å². The predicted octanol–water partition coefficient (Wildman–Crippen LogP) is 4.20. The first-order chi connectivity index (χ1) is 8.10. The molecule has 1 aromatic heterocycles. The molecule has 1 aromatic carbocycles. The summed E-state index contributed by atoms with van der Waals surface area (Å²) in [6.45, 7) is -0.143. The highest BCUT2D eigenvalue weighted by Gasteiger charge is 2.07. The van der Waals surface area contributed by atoms with Crippen molar-refractivity contribution in [3.05, 3.63) is 51.2 Å². The second kappa shape index (κ2) is 5.23. The van der Waals surface area contributed by atoms with E-state index in [9.17, 15) is 0 Å². The summed E-state index contributed by atoms with van der Waals surface area (Å²) in [6.07, 6.45) is 0. The quantitative estimate of drug-likeness (QED) is 0.840. The first-order valence-electron chi connectivity index (χ1n) is 4.83. The maximum Gasteiger partial charge on any atom is 0.137 e. The Kier molecular flexibility index (Phi) is 3.89. The van der Waals surface area contributed by atoms with Gasteiger partial charge in [-0.15, -0.1) is 0 Å². The van der Waals surface area contributed by atoms with Gasteiger partial charge in [-0.1, -0.05) is 34.8 Å². The topological polar surface area (TPSA) is 33.1 Å². The van der Waals surface area contributed by atoms with E-state index in [0.29, 0.717) is 20.9 Å². The maximum absolute atomic E-state index is 8.95. The maximum atomic E-state index is 8.95. The number of hydrogen-bond acceptors (Lipinski definition) is 2. The summed E-state index contributed by atoms with van der Waals surface area (Å²) in [4.78, 5) is 4.06. The van der Waals surface area contributed by atoms with Gasteiger partial charge >= 0.3 is 0 Å². The number of rotatable bonds is 2. The largest absolute Gasteiger partial charge is 0.390 e. The van der Waals surface area contributed by atoms with Gasteiger partial charge in [-0.2, -0.15) is 0 Å². The third kappa shape index (κ3) is 2.90. The molecule has 2 aromatic rings. The van der Waals surface area contributed by atoms with E-state index in [2.05, 4.69) is 4.98 Å². The van der Waals surface area contributed by atoms with Crippen molar-refractivity contribution in [2.24, 2.45) is 0 Å². The Morgan fingerprint density at radius 1 is 1.00 bits per heavy atom. The lowest BCUT2D eigenvalue weighted by Crippen LogP contribution is -1.91. The van der Waals surface area contributed by atoms with Gasteiger partial charge in [0.2, 0.25) is 0 Å². The second-order valence-electron chi connectivity index (χ2n) is 3.46. The Morgan fingerprint density at radius 3 is 2.18 bits per heavy atom. The van der Waals surface area contributed by atoms with Gasteiger partial charge in [0, 0.05) is 15.6 Å². The smallest absolute Gasteiger partial charge is 0.137 e. The van der Waals surface area contributed by atoms with Crippen molar-refractivity contribution in [1.82, 2.24) is 4.98 Å². The van der Waals surface area contributed by atoms with E-state index in [-0.39, 0.29) is 6.61 Å². The minimum Gasteiger partial charge on any atom is -0.390 e. The summed E-state index contributed by atoms with van der Waals surface area (Å²) >= 11 is 17.9. The third-order valence-electron chi connectivity index (χ3n) is 2.24. The van der Waals surface area contributed by atoms with Crippen molar-refractivity contribution >= 4 is 34.8 Å². The highest BCUT2D eigenvalue weighted by atomic mass is 35.5. The normalized spacial score (nSPS) is 10.6. The van der Waals surface area contributed by atoms with E-state index in [1.807, 2.05) is 0 Å². The van der Waals surface area contributed by atoms with E-state index in [0.717, 1.165) is 11.1 Å². The van der Waals surface area contributed by atoms with E-state index in [1.165, 1.54) is 0 Å². The summed E-state index contributed by atoms with van der Waals surface area (Å²) in [5.74, 6) is 0. The Morgan fingerprint density at radius 2 is 1.65 bits per heavy atom. The van der Waals surface area contributed by atoms with Crippen LogP contribution in [0.15, 0.2) is 30.3 Å². The van der Waals surface area contributed by atoms with Crippen LogP contribution in [-0.4, -0.2) is 10.1 Å². The zero-order valence-corrected chi connectivity index (χ0v) is 10.9. The molecule has 0 saturated heterocycles. The van der Waals surface area contributed by atoms with Gasteiger partial charge in [0.15, 0.2) is 0 Å². The summed E-state index contributed by atoms with van der Waals surface area (Å²) in [5, 5.41) is 10.3. The van der Waals surface area contributed by atoms with Gasteiger partial charge in [0.05, 0.1) is 12.3 Å². The molecule has 0 spiro atoms. The molecule has 0 aliphatic heterocycles. The SMILES string of the molecule is OCc1ccc(-c2cc(Cl)cc(Cl)c2)c(Cl)n1. The van der Waals surface area contributed by atoms with Crippen LogP contribution in [0.3, 0.4) is 0 Å². The minimum atomic E-state index is -0.143. The molecule has 1 N–H and O–H groups in total. The van der Waals surface area contributed by atoms with Crippen molar-refractivity contribution < 1.29 is 5.11 Å². The number of halogens is 3. The molecule has 5 heteroatoms. The van der Waals surface area contributed by atoms with Crippen molar-refractivity contribution in [2.75, 3.05) is 0 Å². The number of pyridine rings is 1. The highest BCUT2D eigenvalue weighted by Crippen LogP contribution is 2.31. The van der Waals surface area contributed by atoms with E-state index < -0.39 is 0 Å². The lowest BCUT2D eigenvalue weighted by Gasteiger charge is -2.06. The van der Waals surface area contributed by atoms with Gasteiger partial charge < -0.3 is 5.11 Å². The zero-order chi connectivity index (χ0) is 12.4. The monoisotopic (exact) mass is 287 g/mol. The highest BCUT2D eigenvalue weighted by molar-refractivity contribution is 6.35. The number of aliphatic hydroxyl groups excluding tert-OH is 1. The molecule has 0 atom stereocenters. The molecule has 2 nitrogen and oxygen atoms in total. The molecule has 0 unspecified atom stereocenters. The lowest BCUT2D eigenvalue weighted by atomic mass is 10.1. The average molecular weight is 289 g/mol. The third-order valence-corrected chi connectivity index (χ3v) is 2.97. The molecule has 0 amide bonds. The van der Waals surface area contributed by atoms with Crippen LogP contribution in [0, 0.1) is 0 Å². The number of nitrogens with zero attached hydrogens (tertiary/aromatic N) is 1. The molecule has 0 aliphatic rings. The molecule has 1 heterocycles. The molecule has 17 heavy (non-hydrogen) atoms. The van der Waals surface area contributed by atoms with Crippen molar-refractivity contribution in [1.29, 1.82) is 0 Å². The molecular weight excluding hydrogens is 280 g/mol. The van der Waals surface area contributed by atoms with Crippen molar-refractivity contribution in [2.45, 2.75) is 6.61 Å². The van der Waals surface area contributed by atoms with Crippen LogP contribution in [0.1, 0.15) is 5.69 Å². The number of aromatic nitrogens is 1. The molecule has 0 bridgehead atoms. The Hall–Kier alpha value is -0.800. The standard InChI is InChI=1S/C12H8Cl3NO/c13-8-3-7(4-9(14)5-8)11-2-1-10(6-17)16-12(11)15/h1-5,17H,6H2. The summed E-state index contributed by atoms with van der Waals surface area (Å²) in [6, 6.07) is 8.65. The molecule has 2 rings (SSSR count). The van der Waals surface area contributed by atoms with Gasteiger partial charge in [0.1, 0.15) is 5.15 Å². The van der Waals surface area contributed by atoms with Crippen molar-refractivity contribution in [3.8, 4) is 11.1 Å². The number of aliphatic hydroxyl groups is 1.